The topological polar surface area (TPSA) is 108 Å². The Balaban J connectivity index is 2.10. The maximum atomic E-state index is 11.8. The van der Waals surface area contributed by atoms with Crippen molar-refractivity contribution in [1.82, 2.24) is 20.7 Å². The summed E-state index contributed by atoms with van der Waals surface area (Å²) >= 11 is 0. The monoisotopic (exact) mass is 248 g/mol. The second kappa shape index (κ2) is 4.82. The van der Waals surface area contributed by atoms with Crippen LogP contribution in [0.1, 0.15) is 23.7 Å². The lowest BCUT2D eigenvalue weighted by molar-refractivity contribution is -0.137. The van der Waals surface area contributed by atoms with Gasteiger partial charge in [-0.1, -0.05) is 0 Å². The van der Waals surface area contributed by atoms with Gasteiger partial charge >= 0.3 is 5.97 Å². The minimum absolute atomic E-state index is 0.113. The zero-order valence-corrected chi connectivity index (χ0v) is 9.67. The quantitative estimate of drug-likeness (QED) is 0.732. The molecule has 94 valence electrons. The smallest absolute Gasteiger partial charge is 0.305 e. The van der Waals surface area contributed by atoms with E-state index in [9.17, 15) is 9.59 Å². The van der Waals surface area contributed by atoms with Crippen LogP contribution in [-0.2, 0) is 4.79 Å². The number of H-pyrrole nitrogens is 1. The van der Waals surface area contributed by atoms with Gasteiger partial charge in [-0.3, -0.25) is 9.59 Å². The normalized spacial score (nSPS) is 12.3. The number of fused-ring (bicyclic) bond motifs is 1. The van der Waals surface area contributed by atoms with Crippen molar-refractivity contribution in [3.8, 4) is 0 Å². The highest BCUT2D eigenvalue weighted by molar-refractivity contribution is 5.97. The molecule has 0 saturated heterocycles. The summed E-state index contributed by atoms with van der Waals surface area (Å²) in [5, 5.41) is 21.4. The fourth-order valence-corrected chi connectivity index (χ4v) is 1.60. The highest BCUT2D eigenvalue weighted by Gasteiger charge is 2.13. The number of aromatic nitrogens is 3. The molecule has 0 spiro atoms. The summed E-state index contributed by atoms with van der Waals surface area (Å²) in [7, 11) is 0. The largest absolute Gasteiger partial charge is 0.481 e. The Morgan fingerprint density at radius 2 is 2.11 bits per heavy atom. The molecule has 0 saturated carbocycles. The number of carboxylic acids is 1. The molecule has 7 nitrogen and oxygen atoms in total. The standard InChI is InChI=1S/C11H12N4O3/c1-6(4-10(16)17)12-11(18)7-2-3-8-9(5-7)14-15-13-8/h2-3,5-6H,4H2,1H3,(H,12,18)(H,16,17)(H,13,14,15). The van der Waals surface area contributed by atoms with Crippen molar-refractivity contribution in [3.63, 3.8) is 0 Å². The van der Waals surface area contributed by atoms with Gasteiger partial charge in [0.1, 0.15) is 11.0 Å². The van der Waals surface area contributed by atoms with Gasteiger partial charge in [0, 0.05) is 11.6 Å². The fourth-order valence-electron chi connectivity index (χ4n) is 1.60. The summed E-state index contributed by atoms with van der Waals surface area (Å²) in [6.45, 7) is 1.64. The Labute approximate surface area is 102 Å². The summed E-state index contributed by atoms with van der Waals surface area (Å²) in [6, 6.07) is 4.47. The van der Waals surface area contributed by atoms with E-state index in [4.69, 9.17) is 5.11 Å². The van der Waals surface area contributed by atoms with E-state index < -0.39 is 12.0 Å². The van der Waals surface area contributed by atoms with E-state index in [1.165, 1.54) is 0 Å². The number of hydrogen-bond acceptors (Lipinski definition) is 4. The van der Waals surface area contributed by atoms with Crippen molar-refractivity contribution in [2.45, 2.75) is 19.4 Å². The lowest BCUT2D eigenvalue weighted by atomic mass is 10.1. The zero-order chi connectivity index (χ0) is 13.1. The van der Waals surface area contributed by atoms with Crippen LogP contribution in [-0.4, -0.2) is 38.4 Å². The highest BCUT2D eigenvalue weighted by atomic mass is 16.4. The minimum Gasteiger partial charge on any atom is -0.481 e. The lowest BCUT2D eigenvalue weighted by Gasteiger charge is -2.11. The Bertz CT molecular complexity index is 593. The minimum atomic E-state index is -0.949. The van der Waals surface area contributed by atoms with Crippen LogP contribution in [0.5, 0.6) is 0 Å². The second-order valence-corrected chi connectivity index (χ2v) is 4.00. The summed E-state index contributed by atoms with van der Waals surface area (Å²) in [4.78, 5) is 22.3. The van der Waals surface area contributed by atoms with Gasteiger partial charge in [0.25, 0.3) is 5.91 Å². The van der Waals surface area contributed by atoms with Crippen LogP contribution in [0.25, 0.3) is 11.0 Å². The van der Waals surface area contributed by atoms with Crippen LogP contribution in [0, 0.1) is 0 Å². The van der Waals surface area contributed by atoms with Crippen LogP contribution < -0.4 is 5.32 Å². The van der Waals surface area contributed by atoms with E-state index in [-0.39, 0.29) is 12.3 Å². The molecule has 1 aromatic carbocycles. The van der Waals surface area contributed by atoms with Gasteiger partial charge in [0.2, 0.25) is 0 Å². The summed E-state index contributed by atoms with van der Waals surface area (Å²) in [5.41, 5.74) is 1.69. The van der Waals surface area contributed by atoms with E-state index in [0.29, 0.717) is 16.6 Å². The number of benzene rings is 1. The van der Waals surface area contributed by atoms with E-state index in [1.54, 1.807) is 25.1 Å². The summed E-state index contributed by atoms with van der Waals surface area (Å²) in [6.07, 6.45) is -0.113. The van der Waals surface area contributed by atoms with Gasteiger partial charge in [0.15, 0.2) is 0 Å². The number of amides is 1. The van der Waals surface area contributed by atoms with Crippen molar-refractivity contribution < 1.29 is 14.7 Å². The first kappa shape index (κ1) is 12.0. The third-order valence-corrected chi connectivity index (χ3v) is 2.44. The van der Waals surface area contributed by atoms with Gasteiger partial charge in [-0.2, -0.15) is 15.4 Å². The summed E-state index contributed by atoms with van der Waals surface area (Å²) < 4.78 is 0. The first-order chi connectivity index (χ1) is 8.56. The van der Waals surface area contributed by atoms with E-state index >= 15 is 0 Å². The first-order valence-electron chi connectivity index (χ1n) is 5.39. The molecule has 1 aromatic heterocycles. The Hall–Kier alpha value is -2.44. The number of hydrogen-bond donors (Lipinski definition) is 3. The van der Waals surface area contributed by atoms with Gasteiger partial charge in [0.05, 0.1) is 6.42 Å². The van der Waals surface area contributed by atoms with Crippen LogP contribution in [0.3, 0.4) is 0 Å². The molecule has 0 fully saturated rings. The maximum absolute atomic E-state index is 11.8. The molecule has 1 heterocycles. The molecule has 1 atom stereocenters. The van der Waals surface area contributed by atoms with Crippen molar-refractivity contribution in [2.24, 2.45) is 0 Å². The molecule has 0 radical (unpaired) electrons. The van der Waals surface area contributed by atoms with Crippen LogP contribution in [0.15, 0.2) is 18.2 Å². The Morgan fingerprint density at radius 1 is 1.39 bits per heavy atom. The number of carbonyl (C=O) groups is 2. The first-order valence-corrected chi connectivity index (χ1v) is 5.39. The highest BCUT2D eigenvalue weighted by Crippen LogP contribution is 2.10. The van der Waals surface area contributed by atoms with Gasteiger partial charge < -0.3 is 10.4 Å². The van der Waals surface area contributed by atoms with Gasteiger partial charge in [-0.15, -0.1) is 0 Å². The second-order valence-electron chi connectivity index (χ2n) is 4.00. The molecular formula is C11H12N4O3. The van der Waals surface area contributed by atoms with Gasteiger partial charge in [-0.25, -0.2) is 0 Å². The number of aliphatic carboxylic acids is 1. The Morgan fingerprint density at radius 3 is 2.83 bits per heavy atom. The molecule has 2 rings (SSSR count). The number of aromatic amines is 1. The predicted molar refractivity (Wildman–Crippen MR) is 63.1 cm³/mol. The van der Waals surface area contributed by atoms with Crippen molar-refractivity contribution in [3.05, 3.63) is 23.8 Å². The number of carbonyl (C=O) groups excluding carboxylic acids is 1. The number of nitrogens with zero attached hydrogens (tertiary/aromatic N) is 2. The SMILES string of the molecule is CC(CC(=O)O)NC(=O)c1ccc2n[nH]nc2c1. The molecule has 0 bridgehead atoms. The number of nitrogens with one attached hydrogen (secondary N) is 2. The molecule has 3 N–H and O–H groups in total. The van der Waals surface area contributed by atoms with Crippen LogP contribution >= 0.6 is 0 Å². The van der Waals surface area contributed by atoms with Crippen LogP contribution in [0.4, 0.5) is 0 Å². The third kappa shape index (κ3) is 2.62. The average molecular weight is 248 g/mol. The van der Waals surface area contributed by atoms with Crippen molar-refractivity contribution >= 4 is 22.9 Å². The molecule has 0 aliphatic rings. The average Bonchev–Trinajstić information content (AvgIpc) is 2.74. The van der Waals surface area contributed by atoms with Crippen molar-refractivity contribution in [1.29, 1.82) is 0 Å². The van der Waals surface area contributed by atoms with E-state index in [1.807, 2.05) is 0 Å². The Kier molecular flexibility index (Phi) is 3.22. The fraction of sp³-hybridized carbons (Fsp3) is 0.273. The zero-order valence-electron chi connectivity index (χ0n) is 9.67. The molecular weight excluding hydrogens is 236 g/mol. The number of carboxylic acid groups (broad SMARTS) is 1. The van der Waals surface area contributed by atoms with E-state index in [0.717, 1.165) is 0 Å². The summed E-state index contributed by atoms with van der Waals surface area (Å²) in [5.74, 6) is -1.27. The van der Waals surface area contributed by atoms with E-state index in [2.05, 4.69) is 20.7 Å². The maximum Gasteiger partial charge on any atom is 0.305 e. The molecule has 1 amide bonds. The lowest BCUT2D eigenvalue weighted by Crippen LogP contribution is -2.34. The number of rotatable bonds is 4. The molecule has 2 aromatic rings. The molecule has 0 aliphatic carbocycles. The molecule has 1 unspecified atom stereocenters. The van der Waals surface area contributed by atoms with Gasteiger partial charge in [-0.05, 0) is 25.1 Å². The molecule has 18 heavy (non-hydrogen) atoms. The van der Waals surface area contributed by atoms with Crippen LogP contribution in [0.2, 0.25) is 0 Å². The predicted octanol–water partition coefficient (Wildman–Crippen LogP) is 0.551. The third-order valence-electron chi connectivity index (χ3n) is 2.44. The molecule has 0 aliphatic heterocycles. The molecule has 7 heteroatoms. The van der Waals surface area contributed by atoms with Crippen molar-refractivity contribution in [2.75, 3.05) is 0 Å².